The molecule has 0 bridgehead atoms. The first-order valence-electron chi connectivity index (χ1n) is 15.7. The average Bonchev–Trinajstić information content (AvgIpc) is 2.83. The Labute approximate surface area is 211 Å². The molecule has 0 radical (unpaired) electrons. The van der Waals surface area contributed by atoms with Gasteiger partial charge in [0.15, 0.2) is 0 Å². The molecule has 196 valence electrons. The molecule has 0 fully saturated rings. The third-order valence-electron chi connectivity index (χ3n) is 7.12. The summed E-state index contributed by atoms with van der Waals surface area (Å²) in [6.45, 7) is 4.42. The predicted molar refractivity (Wildman–Crippen MR) is 154 cm³/mol. The molecular formula is C33H64. The lowest BCUT2D eigenvalue weighted by Gasteiger charge is -2.04. The predicted octanol–water partition coefficient (Wildman–Crippen LogP) is 12.7. The molecule has 0 spiro atoms. The molecule has 0 heterocycles. The molecule has 0 saturated carbocycles. The molecular weight excluding hydrogens is 396 g/mol. The molecule has 0 nitrogen and oxygen atoms in total. The summed E-state index contributed by atoms with van der Waals surface area (Å²) < 4.78 is 0. The second-order valence-electron chi connectivity index (χ2n) is 10.5. The van der Waals surface area contributed by atoms with Crippen LogP contribution >= 0.6 is 0 Å². The maximum absolute atomic E-state index is 2.44. The van der Waals surface area contributed by atoms with Gasteiger partial charge in [0.25, 0.3) is 0 Å². The smallest absolute Gasteiger partial charge is 0.0351 e. The summed E-state index contributed by atoms with van der Waals surface area (Å²) in [5, 5.41) is 0. The normalized spacial score (nSPS) is 11.9. The Kier molecular flexibility index (Phi) is 31.0. The van der Waals surface area contributed by atoms with Crippen molar-refractivity contribution in [1.29, 1.82) is 0 Å². The van der Waals surface area contributed by atoms with Crippen molar-refractivity contribution in [3.63, 3.8) is 0 Å². The minimum absolute atomic E-state index is 1.29. The number of allylic oxidation sites excluding steroid dienone is 4. The van der Waals surface area contributed by atoms with Gasteiger partial charge in [-0.3, -0.25) is 0 Å². The third kappa shape index (κ3) is 31.5. The lowest BCUT2D eigenvalue weighted by Crippen LogP contribution is -1.84. The summed E-state index contributed by atoms with van der Waals surface area (Å²) in [5.41, 5.74) is 0. The Morgan fingerprint density at radius 2 is 0.545 bits per heavy atom. The van der Waals surface area contributed by atoms with Gasteiger partial charge in [0.1, 0.15) is 0 Å². The van der Waals surface area contributed by atoms with Crippen LogP contribution < -0.4 is 0 Å². The fourth-order valence-electron chi connectivity index (χ4n) is 4.80. The van der Waals surface area contributed by atoms with Crippen LogP contribution in [0.25, 0.3) is 0 Å². The molecule has 0 atom stereocenters. The quantitative estimate of drug-likeness (QED) is 0.0804. The second kappa shape index (κ2) is 31.5. The third-order valence-corrected chi connectivity index (χ3v) is 7.12. The van der Waals surface area contributed by atoms with Crippen LogP contribution in [0.3, 0.4) is 0 Å². The lowest BCUT2D eigenvalue weighted by molar-refractivity contribution is 0.524. The molecule has 0 N–H and O–H groups in total. The van der Waals surface area contributed by atoms with E-state index in [-0.39, 0.29) is 0 Å². The Morgan fingerprint density at radius 1 is 0.303 bits per heavy atom. The van der Waals surface area contributed by atoms with Gasteiger partial charge in [-0.25, -0.2) is 0 Å². The Hall–Kier alpha value is -0.520. The van der Waals surface area contributed by atoms with E-state index in [1.807, 2.05) is 0 Å². The maximum Gasteiger partial charge on any atom is -0.0351 e. The van der Waals surface area contributed by atoms with Crippen molar-refractivity contribution in [3.8, 4) is 0 Å². The second-order valence-corrected chi connectivity index (χ2v) is 10.5. The standard InChI is InChI=1S/C33H64/c1-3-5-7-9-11-13-15-17-19-21-23-25-27-29-31-33-32-30-28-26-24-22-20-18-16-14-12-10-8-6-4-2/h3,5,18,20H,4,6-17,19,21-33H2,1-2H3. The monoisotopic (exact) mass is 461 g/mol. The van der Waals surface area contributed by atoms with E-state index >= 15 is 0 Å². The average molecular weight is 461 g/mol. The van der Waals surface area contributed by atoms with E-state index in [2.05, 4.69) is 38.2 Å². The van der Waals surface area contributed by atoms with Crippen LogP contribution in [0.2, 0.25) is 0 Å². The highest BCUT2D eigenvalue weighted by Gasteiger charge is 1.95. The zero-order valence-corrected chi connectivity index (χ0v) is 23.4. The van der Waals surface area contributed by atoms with Crippen molar-refractivity contribution in [2.45, 2.75) is 187 Å². The van der Waals surface area contributed by atoms with Crippen molar-refractivity contribution >= 4 is 0 Å². The lowest BCUT2D eigenvalue weighted by atomic mass is 10.0. The summed E-state index contributed by atoms with van der Waals surface area (Å²) in [7, 11) is 0. The molecule has 33 heavy (non-hydrogen) atoms. The van der Waals surface area contributed by atoms with Crippen LogP contribution in [0.4, 0.5) is 0 Å². The van der Waals surface area contributed by atoms with Gasteiger partial charge in [-0.05, 0) is 45.4 Å². The van der Waals surface area contributed by atoms with Gasteiger partial charge in [0.2, 0.25) is 0 Å². The first-order valence-corrected chi connectivity index (χ1v) is 15.7. The van der Waals surface area contributed by atoms with E-state index < -0.39 is 0 Å². The van der Waals surface area contributed by atoms with Crippen LogP contribution in [-0.4, -0.2) is 0 Å². The van der Waals surface area contributed by atoms with E-state index in [9.17, 15) is 0 Å². The molecule has 0 rings (SSSR count). The summed E-state index contributed by atoms with van der Waals surface area (Å²) in [5.74, 6) is 0. The summed E-state index contributed by atoms with van der Waals surface area (Å²) >= 11 is 0. The highest BCUT2D eigenvalue weighted by atomic mass is 14.0. The minimum Gasteiger partial charge on any atom is -0.0917 e. The molecule has 0 heteroatoms. The minimum atomic E-state index is 1.29. The van der Waals surface area contributed by atoms with E-state index in [0.717, 1.165) is 0 Å². The highest BCUT2D eigenvalue weighted by Crippen LogP contribution is 2.15. The number of rotatable bonds is 28. The Morgan fingerprint density at radius 3 is 0.818 bits per heavy atom. The maximum atomic E-state index is 2.44. The van der Waals surface area contributed by atoms with Crippen molar-refractivity contribution in [1.82, 2.24) is 0 Å². The number of hydrogen-bond acceptors (Lipinski definition) is 0. The van der Waals surface area contributed by atoms with Crippen LogP contribution in [0.15, 0.2) is 24.3 Å². The van der Waals surface area contributed by atoms with Crippen molar-refractivity contribution in [3.05, 3.63) is 24.3 Å². The van der Waals surface area contributed by atoms with Gasteiger partial charge in [-0.15, -0.1) is 0 Å². The number of hydrogen-bond donors (Lipinski definition) is 0. The van der Waals surface area contributed by atoms with Gasteiger partial charge in [0, 0.05) is 0 Å². The molecule has 0 aromatic carbocycles. The van der Waals surface area contributed by atoms with E-state index in [4.69, 9.17) is 0 Å². The van der Waals surface area contributed by atoms with E-state index in [1.54, 1.807) is 0 Å². The first-order chi connectivity index (χ1) is 16.4. The summed E-state index contributed by atoms with van der Waals surface area (Å²) in [6, 6.07) is 0. The highest BCUT2D eigenvalue weighted by molar-refractivity contribution is 4.81. The van der Waals surface area contributed by atoms with Gasteiger partial charge >= 0.3 is 0 Å². The Balaban J connectivity index is 3.05. The first kappa shape index (κ1) is 32.5. The van der Waals surface area contributed by atoms with Crippen molar-refractivity contribution in [2.24, 2.45) is 0 Å². The summed E-state index contributed by atoms with van der Waals surface area (Å²) in [6.07, 6.45) is 48.1. The molecule has 0 aromatic heterocycles. The molecule has 0 aliphatic carbocycles. The van der Waals surface area contributed by atoms with Gasteiger partial charge in [-0.2, -0.15) is 0 Å². The fourth-order valence-corrected chi connectivity index (χ4v) is 4.80. The van der Waals surface area contributed by atoms with Crippen molar-refractivity contribution in [2.75, 3.05) is 0 Å². The molecule has 0 saturated heterocycles. The SMILES string of the molecule is CC=CCCCCCCCCCCCCCCCCCCCCC=CCCCCCCCC. The Bertz CT molecular complexity index is 377. The fraction of sp³-hybridized carbons (Fsp3) is 0.879. The molecule has 0 unspecified atom stereocenters. The molecule has 0 aliphatic heterocycles. The topological polar surface area (TPSA) is 0 Å². The molecule has 0 aliphatic rings. The van der Waals surface area contributed by atoms with Crippen molar-refractivity contribution < 1.29 is 0 Å². The van der Waals surface area contributed by atoms with Crippen LogP contribution in [0, 0.1) is 0 Å². The summed E-state index contributed by atoms with van der Waals surface area (Å²) in [4.78, 5) is 0. The van der Waals surface area contributed by atoms with Gasteiger partial charge < -0.3 is 0 Å². The van der Waals surface area contributed by atoms with Gasteiger partial charge in [0.05, 0.1) is 0 Å². The van der Waals surface area contributed by atoms with E-state index in [0.29, 0.717) is 0 Å². The number of unbranched alkanes of at least 4 members (excludes halogenated alkanes) is 25. The molecule has 0 aromatic rings. The molecule has 0 amide bonds. The largest absolute Gasteiger partial charge is 0.0917 e. The zero-order valence-electron chi connectivity index (χ0n) is 23.4. The zero-order chi connectivity index (χ0) is 23.9. The van der Waals surface area contributed by atoms with Crippen LogP contribution in [0.1, 0.15) is 187 Å². The van der Waals surface area contributed by atoms with Crippen LogP contribution in [-0.2, 0) is 0 Å². The van der Waals surface area contributed by atoms with Gasteiger partial charge in [-0.1, -0.05) is 166 Å². The van der Waals surface area contributed by atoms with E-state index in [1.165, 1.54) is 173 Å². The van der Waals surface area contributed by atoms with Crippen LogP contribution in [0.5, 0.6) is 0 Å².